The number of nitriles is 1. The van der Waals surface area contributed by atoms with Gasteiger partial charge in [0, 0.05) is 22.9 Å². The van der Waals surface area contributed by atoms with Crippen molar-refractivity contribution in [3.8, 4) is 11.2 Å². The molecule has 0 saturated heterocycles. The van der Waals surface area contributed by atoms with E-state index in [1.807, 2.05) is 6.92 Å². The lowest BCUT2D eigenvalue weighted by Crippen LogP contribution is -2.29. The van der Waals surface area contributed by atoms with Crippen LogP contribution in [0.15, 0.2) is 35.6 Å². The summed E-state index contributed by atoms with van der Waals surface area (Å²) in [6, 6.07) is 5.88. The Bertz CT molecular complexity index is 1280. The second kappa shape index (κ2) is 8.20. The first-order chi connectivity index (χ1) is 14.4. The minimum atomic E-state index is -3.58. The van der Waals surface area contributed by atoms with Crippen molar-refractivity contribution in [2.24, 2.45) is 0 Å². The fraction of sp³-hybridized carbons (Fsp3) is 0.350. The third-order valence-corrected chi connectivity index (χ3v) is 6.68. The Kier molecular flexibility index (Phi) is 5.98. The molecule has 3 aromatic rings. The van der Waals surface area contributed by atoms with E-state index in [9.17, 15) is 18.5 Å². The predicted molar refractivity (Wildman–Crippen MR) is 116 cm³/mol. The second-order valence-corrected chi connectivity index (χ2v) is 11.0. The summed E-state index contributed by atoms with van der Waals surface area (Å²) in [6.07, 6.45) is 4.17. The molecule has 11 heteroatoms. The Labute approximate surface area is 184 Å². The third-order valence-electron chi connectivity index (χ3n) is 4.70. The van der Waals surface area contributed by atoms with Gasteiger partial charge in [-0.15, -0.1) is 11.3 Å². The standard InChI is InChI=1S/C20H22N6O3S2/c1-12-9-22-19(30-12)26-17(23-11-24-26)13(2)25-18(27)14-6-15(20(3,4)10-21)8-16(7-14)31(5,28)29/h6-9,11,13H,1-5H3,(H,25,27)/t13-/m0/s1. The molecule has 0 spiro atoms. The molecule has 162 valence electrons. The van der Waals surface area contributed by atoms with Crippen molar-refractivity contribution in [3.05, 3.63) is 52.6 Å². The van der Waals surface area contributed by atoms with Gasteiger partial charge in [0.25, 0.3) is 5.91 Å². The molecule has 0 fully saturated rings. The summed E-state index contributed by atoms with van der Waals surface area (Å²) >= 11 is 1.44. The van der Waals surface area contributed by atoms with E-state index in [1.54, 1.807) is 31.6 Å². The number of aryl methyl sites for hydroxylation is 1. The SMILES string of the molecule is Cc1cnc(-n2ncnc2[C@H](C)NC(=O)c2cc(C(C)(C)C#N)cc(S(C)(=O)=O)c2)s1. The van der Waals surface area contributed by atoms with Gasteiger partial charge >= 0.3 is 0 Å². The molecule has 1 aromatic carbocycles. The van der Waals surface area contributed by atoms with Gasteiger partial charge in [-0.1, -0.05) is 0 Å². The van der Waals surface area contributed by atoms with E-state index in [0.717, 1.165) is 11.1 Å². The largest absolute Gasteiger partial charge is 0.342 e. The van der Waals surface area contributed by atoms with E-state index >= 15 is 0 Å². The summed E-state index contributed by atoms with van der Waals surface area (Å²) in [4.78, 5) is 22.5. The van der Waals surface area contributed by atoms with Gasteiger partial charge in [0.1, 0.15) is 6.33 Å². The lowest BCUT2D eigenvalue weighted by molar-refractivity contribution is 0.0937. The van der Waals surface area contributed by atoms with Crippen molar-refractivity contribution in [1.82, 2.24) is 25.1 Å². The number of amides is 1. The Morgan fingerprint density at radius 1 is 1.29 bits per heavy atom. The molecule has 2 heterocycles. The lowest BCUT2D eigenvalue weighted by Gasteiger charge is -2.19. The highest BCUT2D eigenvalue weighted by atomic mass is 32.2. The van der Waals surface area contributed by atoms with E-state index in [-0.39, 0.29) is 10.5 Å². The smallest absolute Gasteiger partial charge is 0.251 e. The Morgan fingerprint density at radius 2 is 2.00 bits per heavy atom. The number of benzene rings is 1. The molecule has 9 nitrogen and oxygen atoms in total. The second-order valence-electron chi connectivity index (χ2n) is 7.73. The van der Waals surface area contributed by atoms with E-state index < -0.39 is 27.2 Å². The van der Waals surface area contributed by atoms with Crippen LogP contribution in [-0.2, 0) is 15.3 Å². The summed E-state index contributed by atoms with van der Waals surface area (Å²) in [5, 5.41) is 17.1. The molecule has 1 amide bonds. The van der Waals surface area contributed by atoms with Crippen LogP contribution >= 0.6 is 11.3 Å². The maximum absolute atomic E-state index is 13.0. The summed E-state index contributed by atoms with van der Waals surface area (Å²) in [7, 11) is -3.58. The van der Waals surface area contributed by atoms with Gasteiger partial charge in [-0.3, -0.25) is 4.79 Å². The van der Waals surface area contributed by atoms with Crippen molar-refractivity contribution in [2.45, 2.75) is 44.0 Å². The highest BCUT2D eigenvalue weighted by Gasteiger charge is 2.25. The number of nitrogens with one attached hydrogen (secondary N) is 1. The summed E-state index contributed by atoms with van der Waals surface area (Å²) in [6.45, 7) is 7.01. The first kappa shape index (κ1) is 22.6. The van der Waals surface area contributed by atoms with E-state index in [1.165, 1.54) is 35.9 Å². The molecule has 1 N–H and O–H groups in total. The molecule has 0 radical (unpaired) electrons. The van der Waals surface area contributed by atoms with Crippen LogP contribution < -0.4 is 5.32 Å². The average Bonchev–Trinajstić information content (AvgIpc) is 3.35. The molecule has 2 aromatic heterocycles. The van der Waals surface area contributed by atoms with Crippen LogP contribution in [-0.4, -0.2) is 40.3 Å². The molecule has 31 heavy (non-hydrogen) atoms. The normalized spacial score (nSPS) is 12.9. The minimum Gasteiger partial charge on any atom is -0.342 e. The summed E-state index contributed by atoms with van der Waals surface area (Å²) in [5.74, 6) is -0.00240. The van der Waals surface area contributed by atoms with Crippen molar-refractivity contribution < 1.29 is 13.2 Å². The molecule has 0 aliphatic rings. The van der Waals surface area contributed by atoms with Crippen LogP contribution in [0.4, 0.5) is 0 Å². The van der Waals surface area contributed by atoms with Gasteiger partial charge < -0.3 is 5.32 Å². The number of hydrogen-bond acceptors (Lipinski definition) is 8. The van der Waals surface area contributed by atoms with Crippen molar-refractivity contribution in [3.63, 3.8) is 0 Å². The third kappa shape index (κ3) is 4.81. The highest BCUT2D eigenvalue weighted by Crippen LogP contribution is 2.27. The van der Waals surface area contributed by atoms with Crippen LogP contribution in [0.1, 0.15) is 53.4 Å². The number of hydrogen-bond donors (Lipinski definition) is 1. The maximum atomic E-state index is 13.0. The van der Waals surface area contributed by atoms with Gasteiger partial charge in [0.05, 0.1) is 22.4 Å². The van der Waals surface area contributed by atoms with E-state index in [4.69, 9.17) is 0 Å². The monoisotopic (exact) mass is 458 g/mol. The summed E-state index contributed by atoms with van der Waals surface area (Å²) < 4.78 is 25.8. The average molecular weight is 459 g/mol. The van der Waals surface area contributed by atoms with Gasteiger partial charge in [-0.2, -0.15) is 15.0 Å². The van der Waals surface area contributed by atoms with Gasteiger partial charge in [-0.25, -0.2) is 18.4 Å². The number of aromatic nitrogens is 4. The predicted octanol–water partition coefficient (Wildman–Crippen LogP) is 2.73. The van der Waals surface area contributed by atoms with Crippen LogP contribution in [0.5, 0.6) is 0 Å². The van der Waals surface area contributed by atoms with Crippen LogP contribution in [0.3, 0.4) is 0 Å². The zero-order valence-corrected chi connectivity index (χ0v) is 19.4. The molecule has 0 bridgehead atoms. The highest BCUT2D eigenvalue weighted by molar-refractivity contribution is 7.90. The number of sulfone groups is 1. The first-order valence-electron chi connectivity index (χ1n) is 9.33. The summed E-state index contributed by atoms with van der Waals surface area (Å²) in [5.41, 5.74) is -0.383. The van der Waals surface area contributed by atoms with Gasteiger partial charge in [-0.05, 0) is 51.5 Å². The first-order valence-corrected chi connectivity index (χ1v) is 12.0. The number of nitrogens with zero attached hydrogens (tertiary/aromatic N) is 5. The van der Waals surface area contributed by atoms with Gasteiger partial charge in [0.2, 0.25) is 5.13 Å². The van der Waals surface area contributed by atoms with E-state index in [0.29, 0.717) is 16.5 Å². The fourth-order valence-corrected chi connectivity index (χ4v) is 4.26. The lowest BCUT2D eigenvalue weighted by atomic mass is 9.85. The van der Waals surface area contributed by atoms with Crippen LogP contribution in [0.25, 0.3) is 5.13 Å². The minimum absolute atomic E-state index is 0.0208. The zero-order chi connectivity index (χ0) is 23.0. The topological polar surface area (TPSA) is 131 Å². The van der Waals surface area contributed by atoms with Gasteiger partial charge in [0.15, 0.2) is 15.7 Å². The number of thiazole rings is 1. The molecule has 0 unspecified atom stereocenters. The number of carbonyl (C=O) groups excluding carboxylic acids is 1. The van der Waals surface area contributed by atoms with Crippen molar-refractivity contribution in [1.29, 1.82) is 5.26 Å². The Balaban J connectivity index is 1.95. The van der Waals surface area contributed by atoms with Crippen molar-refractivity contribution >= 4 is 27.1 Å². The molecule has 0 saturated carbocycles. The van der Waals surface area contributed by atoms with Crippen molar-refractivity contribution in [2.75, 3.05) is 6.26 Å². The molecule has 1 atom stereocenters. The zero-order valence-electron chi connectivity index (χ0n) is 17.7. The number of carbonyl (C=O) groups is 1. The quantitative estimate of drug-likeness (QED) is 0.601. The molecular formula is C20H22N6O3S2. The Morgan fingerprint density at radius 3 is 2.58 bits per heavy atom. The van der Waals surface area contributed by atoms with Crippen LogP contribution in [0, 0.1) is 18.3 Å². The maximum Gasteiger partial charge on any atom is 0.251 e. The fourth-order valence-electron chi connectivity index (χ4n) is 2.85. The van der Waals surface area contributed by atoms with E-state index in [2.05, 4.69) is 26.5 Å². The molecule has 0 aliphatic heterocycles. The van der Waals surface area contributed by atoms with Crippen LogP contribution in [0.2, 0.25) is 0 Å². The molecule has 0 aliphatic carbocycles. The molecule has 3 rings (SSSR count). The molecular weight excluding hydrogens is 436 g/mol. The Hall–Kier alpha value is -3.10. The number of rotatable bonds is 6.